The number of aliphatic hydroxyl groups is 1. The maximum atomic E-state index is 9.20. The molecule has 0 aromatic carbocycles. The van der Waals surface area contributed by atoms with Crippen molar-refractivity contribution >= 4 is 0 Å². The smallest absolute Gasteiger partial charge is 0.0674 e. The summed E-state index contributed by atoms with van der Waals surface area (Å²) in [7, 11) is 0. The third-order valence-electron chi connectivity index (χ3n) is 3.18. The fourth-order valence-corrected chi connectivity index (χ4v) is 2.05. The van der Waals surface area contributed by atoms with Crippen molar-refractivity contribution in [2.75, 3.05) is 32.8 Å². The number of aliphatic hydroxyl groups excluding tert-OH is 1. The average Bonchev–Trinajstić information content (AvgIpc) is 2.86. The Labute approximate surface area is 79.7 Å². The second-order valence-corrected chi connectivity index (χ2v) is 4.57. The van der Waals surface area contributed by atoms with Crippen LogP contribution in [0.25, 0.3) is 0 Å². The quantitative estimate of drug-likeness (QED) is 0.694. The third-order valence-corrected chi connectivity index (χ3v) is 3.18. The molecule has 1 saturated carbocycles. The van der Waals surface area contributed by atoms with Crippen molar-refractivity contribution in [1.29, 1.82) is 0 Å². The van der Waals surface area contributed by atoms with Crippen LogP contribution in [0.1, 0.15) is 19.8 Å². The van der Waals surface area contributed by atoms with E-state index in [1.54, 1.807) is 0 Å². The van der Waals surface area contributed by atoms with Crippen LogP contribution in [0.3, 0.4) is 0 Å². The lowest BCUT2D eigenvalue weighted by atomic mass is 10.1. The van der Waals surface area contributed by atoms with E-state index in [-0.39, 0.29) is 5.41 Å². The molecule has 1 heterocycles. The molecule has 0 spiro atoms. The number of ether oxygens (including phenoxy) is 1. The molecule has 3 heteroatoms. The Morgan fingerprint density at radius 1 is 1.54 bits per heavy atom. The third kappa shape index (κ3) is 2.22. The average molecular weight is 185 g/mol. The Kier molecular flexibility index (Phi) is 2.58. The van der Waals surface area contributed by atoms with Gasteiger partial charge in [0.15, 0.2) is 0 Å². The van der Waals surface area contributed by atoms with Gasteiger partial charge in [-0.1, -0.05) is 0 Å². The first-order chi connectivity index (χ1) is 6.24. The molecule has 2 aliphatic rings. The highest BCUT2D eigenvalue weighted by molar-refractivity contribution is 4.95. The van der Waals surface area contributed by atoms with E-state index in [0.29, 0.717) is 12.7 Å². The van der Waals surface area contributed by atoms with Gasteiger partial charge in [-0.2, -0.15) is 0 Å². The molecule has 1 saturated heterocycles. The van der Waals surface area contributed by atoms with Gasteiger partial charge >= 0.3 is 0 Å². The zero-order valence-electron chi connectivity index (χ0n) is 8.33. The molecule has 1 atom stereocenters. The Morgan fingerprint density at radius 3 is 2.85 bits per heavy atom. The number of nitrogens with zero attached hydrogens (tertiary/aromatic N) is 1. The molecule has 76 valence electrons. The van der Waals surface area contributed by atoms with Gasteiger partial charge in [0.2, 0.25) is 0 Å². The summed E-state index contributed by atoms with van der Waals surface area (Å²) in [6.07, 6.45) is 2.77. The van der Waals surface area contributed by atoms with Crippen LogP contribution in [-0.2, 0) is 4.74 Å². The van der Waals surface area contributed by atoms with Crippen LogP contribution >= 0.6 is 0 Å². The molecule has 0 bridgehead atoms. The summed E-state index contributed by atoms with van der Waals surface area (Å²) in [6, 6.07) is 0. The largest absolute Gasteiger partial charge is 0.396 e. The summed E-state index contributed by atoms with van der Waals surface area (Å²) in [5.74, 6) is 0. The summed E-state index contributed by atoms with van der Waals surface area (Å²) in [6.45, 7) is 6.46. The lowest BCUT2D eigenvalue weighted by molar-refractivity contribution is -0.0278. The van der Waals surface area contributed by atoms with Gasteiger partial charge < -0.3 is 9.84 Å². The van der Waals surface area contributed by atoms with Gasteiger partial charge in [-0.15, -0.1) is 0 Å². The molecule has 13 heavy (non-hydrogen) atoms. The van der Waals surface area contributed by atoms with E-state index in [1.807, 2.05) is 0 Å². The van der Waals surface area contributed by atoms with Gasteiger partial charge in [0.05, 0.1) is 12.7 Å². The minimum absolute atomic E-state index is 0.261. The zero-order chi connectivity index (χ0) is 9.31. The van der Waals surface area contributed by atoms with E-state index < -0.39 is 0 Å². The van der Waals surface area contributed by atoms with E-state index in [4.69, 9.17) is 4.74 Å². The molecule has 1 aliphatic carbocycles. The molecule has 1 N–H and O–H groups in total. The molecule has 1 aliphatic heterocycles. The van der Waals surface area contributed by atoms with Crippen LogP contribution in [0.2, 0.25) is 0 Å². The highest BCUT2D eigenvalue weighted by atomic mass is 16.5. The minimum atomic E-state index is 0.261. The summed E-state index contributed by atoms with van der Waals surface area (Å²) in [4.78, 5) is 2.43. The highest BCUT2D eigenvalue weighted by Crippen LogP contribution is 2.45. The molecule has 3 nitrogen and oxygen atoms in total. The van der Waals surface area contributed by atoms with Gasteiger partial charge in [-0.05, 0) is 19.8 Å². The Bertz CT molecular complexity index is 180. The van der Waals surface area contributed by atoms with E-state index >= 15 is 0 Å². The van der Waals surface area contributed by atoms with Gasteiger partial charge in [-0.3, -0.25) is 4.90 Å². The van der Waals surface area contributed by atoms with Crippen LogP contribution in [0, 0.1) is 5.41 Å². The molecule has 2 rings (SSSR count). The first kappa shape index (κ1) is 9.44. The molecule has 0 radical (unpaired) electrons. The fourth-order valence-electron chi connectivity index (χ4n) is 2.05. The van der Waals surface area contributed by atoms with Crippen LogP contribution in [0.15, 0.2) is 0 Å². The lowest BCUT2D eigenvalue weighted by Gasteiger charge is -2.33. The summed E-state index contributed by atoms with van der Waals surface area (Å²) in [5, 5.41) is 9.20. The van der Waals surface area contributed by atoms with Crippen molar-refractivity contribution in [3.05, 3.63) is 0 Å². The molecule has 0 amide bonds. The normalized spacial score (nSPS) is 33.2. The van der Waals surface area contributed by atoms with Gasteiger partial charge in [0.25, 0.3) is 0 Å². The van der Waals surface area contributed by atoms with Crippen LogP contribution in [0.4, 0.5) is 0 Å². The van der Waals surface area contributed by atoms with Gasteiger partial charge in [-0.25, -0.2) is 0 Å². The first-order valence-corrected chi connectivity index (χ1v) is 5.19. The van der Waals surface area contributed by atoms with E-state index in [9.17, 15) is 5.11 Å². The topological polar surface area (TPSA) is 32.7 Å². The van der Waals surface area contributed by atoms with Crippen molar-refractivity contribution in [3.8, 4) is 0 Å². The maximum Gasteiger partial charge on any atom is 0.0674 e. The summed E-state index contributed by atoms with van der Waals surface area (Å²) < 4.78 is 5.47. The molecular formula is C10H19NO2. The molecular weight excluding hydrogens is 166 g/mol. The number of hydrogen-bond donors (Lipinski definition) is 1. The molecule has 0 unspecified atom stereocenters. The maximum absolute atomic E-state index is 9.20. The number of hydrogen-bond acceptors (Lipinski definition) is 3. The van der Waals surface area contributed by atoms with Crippen LogP contribution < -0.4 is 0 Å². The lowest BCUT2D eigenvalue weighted by Crippen LogP contribution is -2.44. The van der Waals surface area contributed by atoms with E-state index in [0.717, 1.165) is 26.2 Å². The monoisotopic (exact) mass is 185 g/mol. The van der Waals surface area contributed by atoms with Gasteiger partial charge in [0.1, 0.15) is 0 Å². The second kappa shape index (κ2) is 3.56. The predicted molar refractivity (Wildman–Crippen MR) is 50.6 cm³/mol. The molecule has 0 aromatic rings. The summed E-state index contributed by atoms with van der Waals surface area (Å²) in [5.41, 5.74) is 0.261. The van der Waals surface area contributed by atoms with Crippen molar-refractivity contribution < 1.29 is 9.84 Å². The van der Waals surface area contributed by atoms with Crippen LogP contribution in [0.5, 0.6) is 0 Å². The fraction of sp³-hybridized carbons (Fsp3) is 1.00. The SMILES string of the molecule is C[C@@H]1CN(CC2(CO)CC2)CCO1. The minimum Gasteiger partial charge on any atom is -0.396 e. The Hall–Kier alpha value is -0.120. The van der Waals surface area contributed by atoms with Crippen molar-refractivity contribution in [1.82, 2.24) is 4.90 Å². The Balaban J connectivity index is 1.80. The Morgan fingerprint density at radius 2 is 2.31 bits per heavy atom. The molecule has 2 fully saturated rings. The van der Waals surface area contributed by atoms with Crippen molar-refractivity contribution in [2.45, 2.75) is 25.9 Å². The zero-order valence-corrected chi connectivity index (χ0v) is 8.33. The molecule has 0 aromatic heterocycles. The predicted octanol–water partition coefficient (Wildman–Crippen LogP) is 0.480. The van der Waals surface area contributed by atoms with Crippen molar-refractivity contribution in [3.63, 3.8) is 0 Å². The number of morpholine rings is 1. The standard InChI is InChI=1S/C10H19NO2/c1-9-6-11(4-5-13-9)7-10(8-12)2-3-10/h9,12H,2-8H2,1H3/t9-/m1/s1. The first-order valence-electron chi connectivity index (χ1n) is 5.19. The van der Waals surface area contributed by atoms with Crippen LogP contribution in [-0.4, -0.2) is 49.0 Å². The van der Waals surface area contributed by atoms with E-state index in [2.05, 4.69) is 11.8 Å². The second-order valence-electron chi connectivity index (χ2n) is 4.57. The van der Waals surface area contributed by atoms with Crippen molar-refractivity contribution in [2.24, 2.45) is 5.41 Å². The number of rotatable bonds is 3. The van der Waals surface area contributed by atoms with Gasteiger partial charge in [0, 0.05) is 31.7 Å². The highest BCUT2D eigenvalue weighted by Gasteiger charge is 2.43. The summed E-state index contributed by atoms with van der Waals surface area (Å²) >= 11 is 0. The van der Waals surface area contributed by atoms with E-state index in [1.165, 1.54) is 12.8 Å².